The molecule has 0 bridgehead atoms. The zero-order valence-corrected chi connectivity index (χ0v) is 15.4. The van der Waals surface area contributed by atoms with E-state index in [9.17, 15) is 0 Å². The topological polar surface area (TPSA) is 36.9 Å². The Bertz CT molecular complexity index is 605. The van der Waals surface area contributed by atoms with Gasteiger partial charge in [-0.25, -0.2) is 0 Å². The summed E-state index contributed by atoms with van der Waals surface area (Å²) < 4.78 is 22.8. The van der Waals surface area contributed by atoms with Crippen molar-refractivity contribution >= 4 is 19.6 Å². The lowest BCUT2D eigenvalue weighted by atomic mass is 10.1. The van der Waals surface area contributed by atoms with Crippen LogP contribution in [0.2, 0.25) is 0 Å². The van der Waals surface area contributed by atoms with Crippen molar-refractivity contribution in [2.24, 2.45) is 5.92 Å². The van der Waals surface area contributed by atoms with Gasteiger partial charge in [0.2, 0.25) is 0 Å². The maximum atomic E-state index is 5.90. The number of fused-ring (bicyclic) bond motifs is 1. The largest absolute Gasteiger partial charge is 0.506 e. The van der Waals surface area contributed by atoms with Gasteiger partial charge in [-0.05, 0) is 22.3 Å². The van der Waals surface area contributed by atoms with Crippen LogP contribution in [0.5, 0.6) is 0 Å². The van der Waals surface area contributed by atoms with Crippen molar-refractivity contribution in [3.8, 4) is 0 Å². The lowest BCUT2D eigenvalue weighted by Crippen LogP contribution is -2.47. The molecule has 0 fully saturated rings. The molecule has 0 spiro atoms. The Labute approximate surface area is 139 Å². The highest BCUT2D eigenvalue weighted by atomic mass is 28.4. The summed E-state index contributed by atoms with van der Waals surface area (Å²) in [5.41, 5.74) is 1.17. The van der Waals surface area contributed by atoms with Gasteiger partial charge in [0.1, 0.15) is 6.79 Å². The first-order chi connectivity index (χ1) is 11.1. The van der Waals surface area contributed by atoms with Crippen molar-refractivity contribution in [2.75, 3.05) is 27.6 Å². The summed E-state index contributed by atoms with van der Waals surface area (Å²) in [5, 5.41) is 2.41. The Hall–Kier alpha value is -1.24. The van der Waals surface area contributed by atoms with Crippen LogP contribution in [0.3, 0.4) is 0 Å². The number of ether oxygens (including phenoxy) is 1. The van der Waals surface area contributed by atoms with Gasteiger partial charge in [0.05, 0.1) is 6.61 Å². The maximum absolute atomic E-state index is 5.90. The predicted octanol–water partition coefficient (Wildman–Crippen LogP) is 3.80. The summed E-state index contributed by atoms with van der Waals surface area (Å²) in [6.07, 6.45) is 0. The number of hydrogen-bond acceptors (Lipinski definition) is 4. The van der Waals surface area contributed by atoms with E-state index in [1.54, 1.807) is 14.2 Å². The normalized spacial score (nSPS) is 12.2. The van der Waals surface area contributed by atoms with E-state index >= 15 is 0 Å². The molecular weight excluding hydrogens is 308 g/mol. The van der Waals surface area contributed by atoms with Crippen LogP contribution in [0.15, 0.2) is 42.5 Å². The van der Waals surface area contributed by atoms with E-state index in [-0.39, 0.29) is 6.79 Å². The molecule has 0 aliphatic carbocycles. The standard InChI is InChI=1S/C18H26O4Si/c1-15(2)12-21-14-22-23(19-3,20-4)13-17-10-7-9-16-8-5-6-11-18(16)17/h5-11,15H,12-14H2,1-4H3. The number of hydrogen-bond donors (Lipinski definition) is 0. The van der Waals surface area contributed by atoms with E-state index < -0.39 is 8.80 Å². The van der Waals surface area contributed by atoms with Crippen LogP contribution in [0.4, 0.5) is 0 Å². The molecule has 0 aliphatic heterocycles. The second-order valence-corrected chi connectivity index (χ2v) is 8.76. The van der Waals surface area contributed by atoms with Crippen LogP contribution in [0.1, 0.15) is 19.4 Å². The minimum absolute atomic E-state index is 0.191. The summed E-state index contributed by atoms with van der Waals surface area (Å²) >= 11 is 0. The van der Waals surface area contributed by atoms with Gasteiger partial charge in [0, 0.05) is 20.3 Å². The fraction of sp³-hybridized carbons (Fsp3) is 0.444. The van der Waals surface area contributed by atoms with Gasteiger partial charge < -0.3 is 18.0 Å². The first-order valence-electron chi connectivity index (χ1n) is 7.89. The fourth-order valence-electron chi connectivity index (χ4n) is 2.49. The molecule has 0 saturated heterocycles. The highest BCUT2D eigenvalue weighted by Gasteiger charge is 2.40. The monoisotopic (exact) mass is 334 g/mol. The lowest BCUT2D eigenvalue weighted by molar-refractivity contribution is -0.0411. The van der Waals surface area contributed by atoms with Crippen molar-refractivity contribution in [1.29, 1.82) is 0 Å². The molecule has 0 unspecified atom stereocenters. The molecular formula is C18H26O4Si. The Morgan fingerprint density at radius 2 is 1.65 bits per heavy atom. The minimum atomic E-state index is -2.80. The zero-order chi connectivity index (χ0) is 16.7. The molecule has 2 aromatic carbocycles. The Balaban J connectivity index is 2.14. The highest BCUT2D eigenvalue weighted by molar-refractivity contribution is 6.60. The molecule has 0 heterocycles. The van der Waals surface area contributed by atoms with Crippen molar-refractivity contribution in [3.05, 3.63) is 48.0 Å². The van der Waals surface area contributed by atoms with Crippen LogP contribution in [-0.2, 0) is 24.1 Å². The molecule has 0 radical (unpaired) electrons. The molecule has 2 aromatic rings. The van der Waals surface area contributed by atoms with Gasteiger partial charge in [-0.2, -0.15) is 0 Å². The van der Waals surface area contributed by atoms with E-state index in [1.165, 1.54) is 16.3 Å². The van der Waals surface area contributed by atoms with E-state index in [4.69, 9.17) is 18.0 Å². The summed E-state index contributed by atoms with van der Waals surface area (Å²) in [7, 11) is 0.486. The predicted molar refractivity (Wildman–Crippen MR) is 94.2 cm³/mol. The third-order valence-corrected chi connectivity index (χ3v) is 6.34. The first kappa shape index (κ1) is 18.1. The SMILES string of the molecule is CO[Si](Cc1cccc2ccccc12)(OC)OCOCC(C)C. The minimum Gasteiger partial charge on any atom is -0.377 e. The van der Waals surface area contributed by atoms with Gasteiger partial charge in [0.15, 0.2) is 0 Å². The molecule has 126 valence electrons. The second kappa shape index (κ2) is 8.56. The molecule has 0 amide bonds. The van der Waals surface area contributed by atoms with Crippen LogP contribution in [0, 0.1) is 5.92 Å². The maximum Gasteiger partial charge on any atom is 0.506 e. The van der Waals surface area contributed by atoms with Gasteiger partial charge in [-0.15, -0.1) is 0 Å². The van der Waals surface area contributed by atoms with Crippen molar-refractivity contribution < 1.29 is 18.0 Å². The summed E-state index contributed by atoms with van der Waals surface area (Å²) in [6, 6.07) is 15.2. The molecule has 5 heteroatoms. The molecule has 4 nitrogen and oxygen atoms in total. The summed E-state index contributed by atoms with van der Waals surface area (Å²) in [5.74, 6) is 0.470. The van der Waals surface area contributed by atoms with Gasteiger partial charge in [-0.1, -0.05) is 56.3 Å². The fourth-order valence-corrected chi connectivity index (χ4v) is 4.32. The van der Waals surface area contributed by atoms with Crippen LogP contribution < -0.4 is 0 Å². The Kier molecular flexibility index (Phi) is 6.74. The zero-order valence-electron chi connectivity index (χ0n) is 14.4. The number of rotatable bonds is 9. The average Bonchev–Trinajstić information content (AvgIpc) is 2.58. The third kappa shape index (κ3) is 4.86. The quantitative estimate of drug-likeness (QED) is 0.397. The second-order valence-electron chi connectivity index (χ2n) is 5.93. The van der Waals surface area contributed by atoms with E-state index in [1.807, 2.05) is 12.1 Å². The van der Waals surface area contributed by atoms with E-state index in [0.717, 1.165) is 0 Å². The third-order valence-electron chi connectivity index (χ3n) is 3.72. The molecule has 0 aliphatic rings. The summed E-state index contributed by atoms with van der Waals surface area (Å²) in [6.45, 7) is 5.06. The first-order valence-corrected chi connectivity index (χ1v) is 9.82. The van der Waals surface area contributed by atoms with Crippen LogP contribution >= 0.6 is 0 Å². The average molecular weight is 334 g/mol. The molecule has 0 atom stereocenters. The van der Waals surface area contributed by atoms with Crippen molar-refractivity contribution in [3.63, 3.8) is 0 Å². The number of benzene rings is 2. The smallest absolute Gasteiger partial charge is 0.377 e. The molecule has 0 N–H and O–H groups in total. The van der Waals surface area contributed by atoms with E-state index in [2.05, 4.69) is 44.2 Å². The van der Waals surface area contributed by atoms with Crippen molar-refractivity contribution in [1.82, 2.24) is 0 Å². The highest BCUT2D eigenvalue weighted by Crippen LogP contribution is 2.23. The van der Waals surface area contributed by atoms with Crippen LogP contribution in [-0.4, -0.2) is 36.4 Å². The van der Waals surface area contributed by atoms with Crippen LogP contribution in [0.25, 0.3) is 10.8 Å². The van der Waals surface area contributed by atoms with Gasteiger partial charge in [-0.3, -0.25) is 0 Å². The molecule has 2 rings (SSSR count). The Morgan fingerprint density at radius 3 is 2.35 bits per heavy atom. The summed E-state index contributed by atoms with van der Waals surface area (Å²) in [4.78, 5) is 0. The Morgan fingerprint density at radius 1 is 0.957 bits per heavy atom. The van der Waals surface area contributed by atoms with Crippen molar-refractivity contribution in [2.45, 2.75) is 19.9 Å². The molecule has 0 saturated carbocycles. The van der Waals surface area contributed by atoms with Gasteiger partial charge in [0.25, 0.3) is 0 Å². The van der Waals surface area contributed by atoms with E-state index in [0.29, 0.717) is 18.6 Å². The lowest BCUT2D eigenvalue weighted by Gasteiger charge is -2.27. The van der Waals surface area contributed by atoms with Gasteiger partial charge >= 0.3 is 8.80 Å². The molecule has 23 heavy (non-hydrogen) atoms. The molecule has 0 aromatic heterocycles.